The van der Waals surface area contributed by atoms with Gasteiger partial charge in [0.2, 0.25) is 5.88 Å². The van der Waals surface area contributed by atoms with Crippen LogP contribution >= 0.6 is 0 Å². The maximum Gasteiger partial charge on any atom is 0.203 e. The van der Waals surface area contributed by atoms with Crippen LogP contribution in [0.25, 0.3) is 22.7 Å². The van der Waals surface area contributed by atoms with Crippen molar-refractivity contribution in [3.8, 4) is 0 Å². The van der Waals surface area contributed by atoms with E-state index in [9.17, 15) is 0 Å². The summed E-state index contributed by atoms with van der Waals surface area (Å²) in [4.78, 5) is 2.33. The standard InChI is InChI=1S/C26H31NO/c1-6-27-16-15-22-21-10-8-7-9-19(21)12-14-23(22)25(27)28-24-17-20(26(3,4)5)13-11-18(24)2/h7-10,12-15,17-18H,6,11,16H2,1-5H3. The Kier molecular flexibility index (Phi) is 4.82. The van der Waals surface area contributed by atoms with Crippen LogP contribution in [0, 0.1) is 11.3 Å². The van der Waals surface area contributed by atoms with E-state index >= 15 is 0 Å². The topological polar surface area (TPSA) is 12.5 Å². The lowest BCUT2D eigenvalue weighted by molar-refractivity contribution is 0.230. The molecule has 0 radical (unpaired) electrons. The van der Waals surface area contributed by atoms with Gasteiger partial charge in [0.1, 0.15) is 5.76 Å². The fourth-order valence-corrected chi connectivity index (χ4v) is 4.09. The quantitative estimate of drug-likeness (QED) is 0.756. The number of fused-ring (bicyclic) bond motifs is 3. The first-order valence-corrected chi connectivity index (χ1v) is 10.5. The molecule has 2 aliphatic rings. The Bertz CT molecular complexity index is 1080. The zero-order valence-corrected chi connectivity index (χ0v) is 17.8. The fourth-order valence-electron chi connectivity index (χ4n) is 4.09. The Hall–Kier alpha value is -2.48. The Morgan fingerprint density at radius 1 is 1.07 bits per heavy atom. The summed E-state index contributed by atoms with van der Waals surface area (Å²) in [6, 6.07) is 13.1. The molecule has 1 aliphatic carbocycles. The van der Waals surface area contributed by atoms with Gasteiger partial charge in [-0.3, -0.25) is 0 Å². The third kappa shape index (κ3) is 3.37. The fraction of sp³-hybridized carbons (Fsp3) is 0.385. The minimum Gasteiger partial charge on any atom is -0.445 e. The molecule has 28 heavy (non-hydrogen) atoms. The summed E-state index contributed by atoms with van der Waals surface area (Å²) in [6.07, 6.45) is 8.02. The summed E-state index contributed by atoms with van der Waals surface area (Å²) in [5.74, 6) is 2.48. The van der Waals surface area contributed by atoms with Crippen LogP contribution in [0.5, 0.6) is 0 Å². The number of hydrogen-bond acceptors (Lipinski definition) is 2. The number of nitrogens with zero attached hydrogens (tertiary/aromatic N) is 1. The van der Waals surface area contributed by atoms with E-state index in [1.807, 2.05) is 0 Å². The maximum absolute atomic E-state index is 6.69. The van der Waals surface area contributed by atoms with Crippen LogP contribution in [0.2, 0.25) is 0 Å². The Balaban J connectivity index is 1.86. The minimum atomic E-state index is 0.137. The molecule has 1 atom stereocenters. The Morgan fingerprint density at radius 2 is 1.86 bits per heavy atom. The molecular formula is C26H31NO. The van der Waals surface area contributed by atoms with Crippen molar-refractivity contribution in [2.75, 3.05) is 13.1 Å². The first-order chi connectivity index (χ1) is 13.4. The summed E-state index contributed by atoms with van der Waals surface area (Å²) in [5, 5.41) is 5.09. The van der Waals surface area contributed by atoms with Gasteiger partial charge in [0.15, 0.2) is 0 Å². The number of allylic oxidation sites excluding steroid dienone is 4. The zero-order chi connectivity index (χ0) is 19.9. The molecule has 1 aliphatic heterocycles. The Morgan fingerprint density at radius 3 is 2.61 bits per heavy atom. The van der Waals surface area contributed by atoms with Crippen molar-refractivity contribution in [3.63, 3.8) is 0 Å². The number of rotatable bonds is 3. The van der Waals surface area contributed by atoms with Gasteiger partial charge >= 0.3 is 0 Å². The minimum absolute atomic E-state index is 0.137. The third-order valence-corrected chi connectivity index (χ3v) is 5.94. The highest BCUT2D eigenvalue weighted by molar-refractivity contribution is 5.84. The molecule has 1 unspecified atom stereocenters. The number of hydrogen-bond donors (Lipinski definition) is 0. The monoisotopic (exact) mass is 373 g/mol. The molecule has 2 nitrogen and oxygen atoms in total. The summed E-state index contributed by atoms with van der Waals surface area (Å²) < 4.78 is 6.69. The molecule has 0 spiro atoms. The van der Waals surface area contributed by atoms with Crippen LogP contribution < -0.4 is 10.4 Å². The van der Waals surface area contributed by atoms with Crippen molar-refractivity contribution < 1.29 is 4.74 Å². The van der Waals surface area contributed by atoms with E-state index < -0.39 is 0 Å². The smallest absolute Gasteiger partial charge is 0.203 e. The predicted molar refractivity (Wildman–Crippen MR) is 119 cm³/mol. The van der Waals surface area contributed by atoms with E-state index in [1.165, 1.54) is 26.8 Å². The molecule has 0 aromatic heterocycles. The van der Waals surface area contributed by atoms with Gasteiger partial charge in [-0.05, 0) is 52.5 Å². The highest BCUT2D eigenvalue weighted by atomic mass is 16.5. The van der Waals surface area contributed by atoms with Gasteiger partial charge < -0.3 is 9.64 Å². The van der Waals surface area contributed by atoms with Gasteiger partial charge in [0.25, 0.3) is 0 Å². The average Bonchev–Trinajstić information content (AvgIpc) is 2.68. The lowest BCUT2D eigenvalue weighted by atomic mass is 9.81. The molecule has 0 saturated carbocycles. The lowest BCUT2D eigenvalue weighted by Gasteiger charge is -2.32. The molecular weight excluding hydrogens is 342 g/mol. The van der Waals surface area contributed by atoms with Crippen LogP contribution in [0.4, 0.5) is 0 Å². The molecule has 0 fully saturated rings. The van der Waals surface area contributed by atoms with Crippen LogP contribution in [-0.4, -0.2) is 18.0 Å². The van der Waals surface area contributed by atoms with Gasteiger partial charge in [0, 0.05) is 24.2 Å². The van der Waals surface area contributed by atoms with E-state index in [-0.39, 0.29) is 5.41 Å². The van der Waals surface area contributed by atoms with Gasteiger partial charge in [-0.2, -0.15) is 0 Å². The summed E-state index contributed by atoms with van der Waals surface area (Å²) in [5.41, 5.74) is 1.50. The van der Waals surface area contributed by atoms with Crippen LogP contribution in [0.3, 0.4) is 0 Å². The number of benzene rings is 2. The van der Waals surface area contributed by atoms with Crippen LogP contribution in [0.1, 0.15) is 41.0 Å². The summed E-state index contributed by atoms with van der Waals surface area (Å²) >= 11 is 0. The highest BCUT2D eigenvalue weighted by Crippen LogP contribution is 2.35. The second-order valence-corrected chi connectivity index (χ2v) is 8.99. The third-order valence-electron chi connectivity index (χ3n) is 5.94. The molecule has 4 rings (SSSR count). The number of ether oxygens (including phenoxy) is 1. The van der Waals surface area contributed by atoms with E-state index in [1.54, 1.807) is 0 Å². The molecule has 0 amide bonds. The molecule has 1 heterocycles. The summed E-state index contributed by atoms with van der Waals surface area (Å²) in [6.45, 7) is 13.1. The van der Waals surface area contributed by atoms with Gasteiger partial charge in [-0.25, -0.2) is 0 Å². The van der Waals surface area contributed by atoms with E-state index in [0.717, 1.165) is 31.2 Å². The molecule has 2 aromatic carbocycles. The molecule has 2 heteroatoms. The van der Waals surface area contributed by atoms with Crippen molar-refractivity contribution in [1.29, 1.82) is 0 Å². The highest BCUT2D eigenvalue weighted by Gasteiger charge is 2.25. The van der Waals surface area contributed by atoms with Crippen molar-refractivity contribution >= 4 is 22.7 Å². The van der Waals surface area contributed by atoms with Crippen molar-refractivity contribution in [2.45, 2.75) is 41.0 Å². The SMILES string of the molecule is CCN1CC=c2c(ccc3ccccc23)=C1OC1=CC(C(C)(C)C)=CCC1C. The normalized spacial score (nSPS) is 19.7. The second kappa shape index (κ2) is 7.16. The average molecular weight is 374 g/mol. The van der Waals surface area contributed by atoms with E-state index in [4.69, 9.17) is 4.74 Å². The van der Waals surface area contributed by atoms with Crippen molar-refractivity contribution in [2.24, 2.45) is 11.3 Å². The first kappa shape index (κ1) is 18.9. The van der Waals surface area contributed by atoms with E-state index in [2.05, 4.69) is 94.1 Å². The molecule has 0 saturated heterocycles. The Labute approximate surface area is 168 Å². The maximum atomic E-state index is 6.69. The van der Waals surface area contributed by atoms with E-state index in [0.29, 0.717) is 5.92 Å². The summed E-state index contributed by atoms with van der Waals surface area (Å²) in [7, 11) is 0. The predicted octanol–water partition coefficient (Wildman–Crippen LogP) is 4.93. The lowest BCUT2D eigenvalue weighted by Crippen LogP contribution is -2.41. The second-order valence-electron chi connectivity index (χ2n) is 8.99. The molecule has 0 bridgehead atoms. The van der Waals surface area contributed by atoms with Crippen molar-refractivity contribution in [1.82, 2.24) is 4.90 Å². The largest absolute Gasteiger partial charge is 0.445 e. The van der Waals surface area contributed by atoms with Gasteiger partial charge in [0.05, 0.1) is 0 Å². The van der Waals surface area contributed by atoms with Crippen molar-refractivity contribution in [3.05, 3.63) is 70.3 Å². The molecule has 2 aromatic rings. The van der Waals surface area contributed by atoms with Crippen LogP contribution in [0.15, 0.2) is 59.9 Å². The molecule has 146 valence electrons. The van der Waals surface area contributed by atoms with Gasteiger partial charge in [-0.1, -0.05) is 70.2 Å². The first-order valence-electron chi connectivity index (χ1n) is 10.5. The van der Waals surface area contributed by atoms with Crippen LogP contribution in [-0.2, 0) is 4.74 Å². The zero-order valence-electron chi connectivity index (χ0n) is 17.8. The molecule has 0 N–H and O–H groups in total. The van der Waals surface area contributed by atoms with Gasteiger partial charge in [-0.15, -0.1) is 0 Å².